The Morgan fingerprint density at radius 2 is 1.72 bits per heavy atom. The Balaban J connectivity index is 1.54. The largest absolute Gasteiger partial charge is 0.493 e. The second kappa shape index (κ2) is 8.53. The van der Waals surface area contributed by atoms with Crippen LogP contribution in [0.4, 0.5) is 11.9 Å². The minimum atomic E-state index is 0.170. The summed E-state index contributed by atoms with van der Waals surface area (Å²) in [5, 5.41) is 3.39. The molecule has 4 rings (SSSR count). The Morgan fingerprint density at radius 3 is 2.45 bits per heavy atom. The first-order valence-electron chi connectivity index (χ1n) is 9.34. The number of benzene rings is 2. The van der Waals surface area contributed by atoms with E-state index in [0.717, 1.165) is 29.8 Å². The SMILES string of the molecule is COc1cc2c(cc1OC)CN(c1nc(Cl)nc(NCc3ccccc3)n1)CC2. The van der Waals surface area contributed by atoms with Crippen LogP contribution in [0, 0.1) is 0 Å². The van der Waals surface area contributed by atoms with Crippen LogP contribution < -0.4 is 19.7 Å². The first-order chi connectivity index (χ1) is 14.2. The molecule has 29 heavy (non-hydrogen) atoms. The van der Waals surface area contributed by atoms with Crippen molar-refractivity contribution >= 4 is 23.5 Å². The number of nitrogens with zero attached hydrogens (tertiary/aromatic N) is 4. The van der Waals surface area contributed by atoms with E-state index in [0.29, 0.717) is 30.7 Å². The highest BCUT2D eigenvalue weighted by Crippen LogP contribution is 2.34. The Kier molecular flexibility index (Phi) is 5.67. The van der Waals surface area contributed by atoms with E-state index in [2.05, 4.69) is 25.2 Å². The first-order valence-corrected chi connectivity index (χ1v) is 9.72. The lowest BCUT2D eigenvalue weighted by Gasteiger charge is -2.29. The molecule has 2 aromatic carbocycles. The van der Waals surface area contributed by atoms with E-state index in [1.165, 1.54) is 5.56 Å². The standard InChI is InChI=1S/C21H22ClN5O2/c1-28-17-10-15-8-9-27(13-16(15)11-18(17)29-2)21-25-19(22)24-20(26-21)23-12-14-6-4-3-5-7-14/h3-7,10-11H,8-9,12-13H2,1-2H3,(H,23,24,25,26). The van der Waals surface area contributed by atoms with Crippen molar-refractivity contribution < 1.29 is 9.47 Å². The van der Waals surface area contributed by atoms with E-state index in [1.54, 1.807) is 14.2 Å². The van der Waals surface area contributed by atoms with Crippen LogP contribution in [0.15, 0.2) is 42.5 Å². The lowest BCUT2D eigenvalue weighted by Crippen LogP contribution is -2.32. The zero-order chi connectivity index (χ0) is 20.2. The van der Waals surface area contributed by atoms with Crippen LogP contribution in [-0.4, -0.2) is 35.7 Å². The minimum Gasteiger partial charge on any atom is -0.493 e. The van der Waals surface area contributed by atoms with Gasteiger partial charge in [-0.25, -0.2) is 0 Å². The van der Waals surface area contributed by atoms with Gasteiger partial charge in [-0.3, -0.25) is 0 Å². The van der Waals surface area contributed by atoms with Crippen molar-refractivity contribution in [2.24, 2.45) is 0 Å². The fourth-order valence-electron chi connectivity index (χ4n) is 3.39. The van der Waals surface area contributed by atoms with Gasteiger partial charge in [0, 0.05) is 19.6 Å². The molecule has 0 aliphatic carbocycles. The normalized spacial score (nSPS) is 13.0. The smallest absolute Gasteiger partial charge is 0.231 e. The molecule has 0 radical (unpaired) electrons. The molecule has 1 aromatic heterocycles. The van der Waals surface area contributed by atoms with E-state index in [9.17, 15) is 0 Å². The van der Waals surface area contributed by atoms with Gasteiger partial charge < -0.3 is 19.7 Å². The monoisotopic (exact) mass is 411 g/mol. The van der Waals surface area contributed by atoms with Gasteiger partial charge in [0.1, 0.15) is 0 Å². The maximum absolute atomic E-state index is 6.17. The Hall–Kier alpha value is -3.06. The average Bonchev–Trinajstić information content (AvgIpc) is 2.76. The highest BCUT2D eigenvalue weighted by Gasteiger charge is 2.22. The molecule has 1 N–H and O–H groups in total. The summed E-state index contributed by atoms with van der Waals surface area (Å²) < 4.78 is 10.9. The molecule has 2 heterocycles. The topological polar surface area (TPSA) is 72.4 Å². The number of ether oxygens (including phenoxy) is 2. The molecule has 0 atom stereocenters. The summed E-state index contributed by atoms with van der Waals surface area (Å²) in [4.78, 5) is 15.2. The molecule has 0 saturated heterocycles. The van der Waals surface area contributed by atoms with Gasteiger partial charge in [-0.05, 0) is 46.8 Å². The van der Waals surface area contributed by atoms with E-state index in [4.69, 9.17) is 21.1 Å². The Labute approximate surface area is 174 Å². The number of halogens is 1. The maximum atomic E-state index is 6.17. The second-order valence-corrected chi connectivity index (χ2v) is 7.05. The molecule has 1 aliphatic heterocycles. The van der Waals surface area contributed by atoms with Gasteiger partial charge in [0.15, 0.2) is 11.5 Å². The Morgan fingerprint density at radius 1 is 1.00 bits per heavy atom. The van der Waals surface area contributed by atoms with Gasteiger partial charge in [0.25, 0.3) is 0 Å². The van der Waals surface area contributed by atoms with Crippen LogP contribution >= 0.6 is 11.6 Å². The predicted molar refractivity (Wildman–Crippen MR) is 113 cm³/mol. The molecular weight excluding hydrogens is 390 g/mol. The van der Waals surface area contributed by atoms with Crippen molar-refractivity contribution in [1.82, 2.24) is 15.0 Å². The fraction of sp³-hybridized carbons (Fsp3) is 0.286. The highest BCUT2D eigenvalue weighted by atomic mass is 35.5. The molecular formula is C21H22ClN5O2. The first kappa shape index (κ1) is 19.3. The maximum Gasteiger partial charge on any atom is 0.231 e. The molecule has 0 fully saturated rings. The average molecular weight is 412 g/mol. The van der Waals surface area contributed by atoms with E-state index >= 15 is 0 Å². The van der Waals surface area contributed by atoms with Crippen molar-refractivity contribution in [3.63, 3.8) is 0 Å². The van der Waals surface area contributed by atoms with E-state index in [1.807, 2.05) is 42.5 Å². The van der Waals surface area contributed by atoms with Crippen LogP contribution in [-0.2, 0) is 19.5 Å². The summed E-state index contributed by atoms with van der Waals surface area (Å²) in [6.45, 7) is 2.05. The lowest BCUT2D eigenvalue weighted by molar-refractivity contribution is 0.353. The van der Waals surface area contributed by atoms with Gasteiger partial charge in [-0.15, -0.1) is 0 Å². The molecule has 3 aromatic rings. The number of hydrogen-bond donors (Lipinski definition) is 1. The molecule has 1 aliphatic rings. The predicted octanol–water partition coefficient (Wildman–Crippen LogP) is 3.72. The van der Waals surface area contributed by atoms with Crippen LogP contribution in [0.1, 0.15) is 16.7 Å². The van der Waals surface area contributed by atoms with Crippen LogP contribution in [0.3, 0.4) is 0 Å². The van der Waals surface area contributed by atoms with Crippen molar-refractivity contribution in [3.05, 3.63) is 64.4 Å². The number of anilines is 2. The molecule has 150 valence electrons. The molecule has 0 bridgehead atoms. The highest BCUT2D eigenvalue weighted by molar-refractivity contribution is 6.28. The molecule has 0 spiro atoms. The van der Waals surface area contributed by atoms with Crippen molar-refractivity contribution in [1.29, 1.82) is 0 Å². The molecule has 7 nitrogen and oxygen atoms in total. The number of rotatable bonds is 6. The van der Waals surface area contributed by atoms with Crippen LogP contribution in [0.5, 0.6) is 11.5 Å². The third-order valence-electron chi connectivity index (χ3n) is 4.89. The molecule has 0 amide bonds. The van der Waals surface area contributed by atoms with Gasteiger partial charge in [-0.1, -0.05) is 30.3 Å². The number of fused-ring (bicyclic) bond motifs is 1. The van der Waals surface area contributed by atoms with Crippen molar-refractivity contribution in [3.8, 4) is 11.5 Å². The second-order valence-electron chi connectivity index (χ2n) is 6.71. The third kappa shape index (κ3) is 4.35. The summed E-state index contributed by atoms with van der Waals surface area (Å²) >= 11 is 6.17. The van der Waals surface area contributed by atoms with Crippen LogP contribution in [0.25, 0.3) is 0 Å². The zero-order valence-corrected chi connectivity index (χ0v) is 17.1. The van der Waals surface area contributed by atoms with E-state index in [-0.39, 0.29) is 5.28 Å². The fourth-order valence-corrected chi connectivity index (χ4v) is 3.55. The quantitative estimate of drug-likeness (QED) is 0.662. The summed E-state index contributed by atoms with van der Waals surface area (Å²) in [7, 11) is 3.29. The van der Waals surface area contributed by atoms with Crippen molar-refractivity contribution in [2.75, 3.05) is 31.0 Å². The van der Waals surface area contributed by atoms with Gasteiger partial charge in [-0.2, -0.15) is 15.0 Å². The van der Waals surface area contributed by atoms with Gasteiger partial charge in [0.05, 0.1) is 14.2 Å². The summed E-state index contributed by atoms with van der Waals surface area (Å²) in [5.41, 5.74) is 3.53. The number of aromatic nitrogens is 3. The van der Waals surface area contributed by atoms with Crippen molar-refractivity contribution in [2.45, 2.75) is 19.5 Å². The number of nitrogens with one attached hydrogen (secondary N) is 1. The van der Waals surface area contributed by atoms with Gasteiger partial charge in [0.2, 0.25) is 17.2 Å². The molecule has 8 heteroatoms. The van der Waals surface area contributed by atoms with Crippen LogP contribution in [0.2, 0.25) is 5.28 Å². The van der Waals surface area contributed by atoms with Gasteiger partial charge >= 0.3 is 0 Å². The number of hydrogen-bond acceptors (Lipinski definition) is 7. The summed E-state index contributed by atoms with van der Waals surface area (Å²) in [5.74, 6) is 2.48. The lowest BCUT2D eigenvalue weighted by atomic mass is 9.99. The third-order valence-corrected chi connectivity index (χ3v) is 5.06. The minimum absolute atomic E-state index is 0.170. The summed E-state index contributed by atoms with van der Waals surface area (Å²) in [6, 6.07) is 14.1. The molecule has 0 unspecified atom stereocenters. The zero-order valence-electron chi connectivity index (χ0n) is 16.4. The molecule has 0 saturated carbocycles. The number of methoxy groups -OCH3 is 2. The van der Waals surface area contributed by atoms with E-state index < -0.39 is 0 Å². The Bertz CT molecular complexity index is 1000. The summed E-state index contributed by atoms with van der Waals surface area (Å²) in [6.07, 6.45) is 0.853.